The predicted molar refractivity (Wildman–Crippen MR) is 85.9 cm³/mol. The standard InChI is InChI=1S/C16H35NO4/c1-4-6-9-19-11-13-21-14-12-20-10-8-17-16(7-5-2)15-18-3/h16-17H,4-15H2,1-3H3. The number of ether oxygens (including phenoxy) is 4. The van der Waals surface area contributed by atoms with Crippen LogP contribution in [0.1, 0.15) is 39.5 Å². The van der Waals surface area contributed by atoms with Crippen LogP contribution in [0.25, 0.3) is 0 Å². The number of hydrogen-bond acceptors (Lipinski definition) is 5. The summed E-state index contributed by atoms with van der Waals surface area (Å²) in [6, 6.07) is 0.431. The van der Waals surface area contributed by atoms with Gasteiger partial charge in [0.25, 0.3) is 0 Å². The van der Waals surface area contributed by atoms with E-state index in [1.807, 2.05) is 0 Å². The molecule has 1 N–H and O–H groups in total. The Bertz CT molecular complexity index is 187. The van der Waals surface area contributed by atoms with Gasteiger partial charge in [0.2, 0.25) is 0 Å². The average molecular weight is 305 g/mol. The first-order valence-corrected chi connectivity index (χ1v) is 8.30. The van der Waals surface area contributed by atoms with Crippen LogP contribution in [-0.4, -0.2) is 65.9 Å². The SMILES string of the molecule is CCCCOCCOCCOCCNC(CCC)COC. The van der Waals surface area contributed by atoms with Gasteiger partial charge in [-0.25, -0.2) is 0 Å². The van der Waals surface area contributed by atoms with Crippen molar-refractivity contribution in [1.82, 2.24) is 5.32 Å². The van der Waals surface area contributed by atoms with Gasteiger partial charge in [-0.1, -0.05) is 26.7 Å². The van der Waals surface area contributed by atoms with Crippen LogP contribution in [0.4, 0.5) is 0 Å². The Morgan fingerprint density at radius 1 is 0.810 bits per heavy atom. The summed E-state index contributed by atoms with van der Waals surface area (Å²) < 4.78 is 21.5. The molecule has 0 aliphatic carbocycles. The van der Waals surface area contributed by atoms with Crippen molar-refractivity contribution in [2.45, 2.75) is 45.6 Å². The first-order chi connectivity index (χ1) is 10.3. The van der Waals surface area contributed by atoms with Gasteiger partial charge in [0.15, 0.2) is 0 Å². The molecule has 5 nitrogen and oxygen atoms in total. The van der Waals surface area contributed by atoms with Crippen LogP contribution in [0.3, 0.4) is 0 Å². The molecule has 0 aromatic heterocycles. The Balaban J connectivity index is 3.17. The summed E-state index contributed by atoms with van der Waals surface area (Å²) >= 11 is 0. The fraction of sp³-hybridized carbons (Fsp3) is 1.00. The molecule has 21 heavy (non-hydrogen) atoms. The quantitative estimate of drug-likeness (QED) is 0.418. The maximum Gasteiger partial charge on any atom is 0.0701 e. The van der Waals surface area contributed by atoms with Gasteiger partial charge >= 0.3 is 0 Å². The summed E-state index contributed by atoms with van der Waals surface area (Å²) in [5.41, 5.74) is 0. The third-order valence-corrected chi connectivity index (χ3v) is 3.07. The van der Waals surface area contributed by atoms with E-state index in [9.17, 15) is 0 Å². The Morgan fingerprint density at radius 2 is 1.43 bits per heavy atom. The van der Waals surface area contributed by atoms with E-state index in [0.29, 0.717) is 39.1 Å². The third-order valence-electron chi connectivity index (χ3n) is 3.07. The molecule has 5 heteroatoms. The summed E-state index contributed by atoms with van der Waals surface area (Å²) in [5, 5.41) is 3.44. The highest BCUT2D eigenvalue weighted by Gasteiger charge is 2.05. The minimum Gasteiger partial charge on any atom is -0.383 e. The fourth-order valence-electron chi connectivity index (χ4n) is 1.92. The van der Waals surface area contributed by atoms with Crippen molar-refractivity contribution in [2.24, 2.45) is 0 Å². The molecule has 0 fully saturated rings. The minimum absolute atomic E-state index is 0.431. The molecule has 0 amide bonds. The van der Waals surface area contributed by atoms with Crippen molar-refractivity contribution >= 4 is 0 Å². The molecule has 0 saturated heterocycles. The first kappa shape index (κ1) is 20.8. The zero-order chi connectivity index (χ0) is 15.6. The summed E-state index contributed by atoms with van der Waals surface area (Å²) in [5.74, 6) is 0. The largest absolute Gasteiger partial charge is 0.383 e. The van der Waals surface area contributed by atoms with Gasteiger partial charge in [0.1, 0.15) is 0 Å². The Labute approximate surface area is 130 Å². The summed E-state index contributed by atoms with van der Waals surface area (Å²) in [7, 11) is 1.74. The molecule has 0 radical (unpaired) electrons. The first-order valence-electron chi connectivity index (χ1n) is 8.30. The van der Waals surface area contributed by atoms with E-state index < -0.39 is 0 Å². The number of rotatable bonds is 17. The zero-order valence-electron chi connectivity index (χ0n) is 14.2. The van der Waals surface area contributed by atoms with Gasteiger partial charge < -0.3 is 24.3 Å². The van der Waals surface area contributed by atoms with Crippen LogP contribution in [0.15, 0.2) is 0 Å². The second kappa shape index (κ2) is 17.9. The molecule has 1 atom stereocenters. The van der Waals surface area contributed by atoms with E-state index >= 15 is 0 Å². The van der Waals surface area contributed by atoms with Crippen LogP contribution in [0.5, 0.6) is 0 Å². The molecular formula is C16H35NO4. The molecule has 0 bridgehead atoms. The lowest BCUT2D eigenvalue weighted by Crippen LogP contribution is -2.35. The van der Waals surface area contributed by atoms with E-state index in [1.165, 1.54) is 6.42 Å². The topological polar surface area (TPSA) is 49.0 Å². The van der Waals surface area contributed by atoms with Crippen LogP contribution < -0.4 is 5.32 Å². The van der Waals surface area contributed by atoms with Crippen LogP contribution in [0.2, 0.25) is 0 Å². The molecule has 0 spiro atoms. The molecule has 0 aliphatic rings. The van der Waals surface area contributed by atoms with Gasteiger partial charge in [0, 0.05) is 26.3 Å². The van der Waals surface area contributed by atoms with Gasteiger partial charge in [-0.2, -0.15) is 0 Å². The predicted octanol–water partition coefficient (Wildman–Crippen LogP) is 2.24. The van der Waals surface area contributed by atoms with Crippen molar-refractivity contribution < 1.29 is 18.9 Å². The lowest BCUT2D eigenvalue weighted by Gasteiger charge is -2.17. The van der Waals surface area contributed by atoms with Gasteiger partial charge in [-0.3, -0.25) is 0 Å². The molecular weight excluding hydrogens is 270 g/mol. The van der Waals surface area contributed by atoms with E-state index in [2.05, 4.69) is 19.2 Å². The van der Waals surface area contributed by atoms with Crippen molar-refractivity contribution in [1.29, 1.82) is 0 Å². The number of hydrogen-bond donors (Lipinski definition) is 1. The molecule has 1 unspecified atom stereocenters. The fourth-order valence-corrected chi connectivity index (χ4v) is 1.92. The van der Waals surface area contributed by atoms with E-state index in [4.69, 9.17) is 18.9 Å². The molecule has 0 heterocycles. The average Bonchev–Trinajstić information content (AvgIpc) is 2.48. The van der Waals surface area contributed by atoms with Crippen LogP contribution >= 0.6 is 0 Å². The number of unbranched alkanes of at least 4 members (excludes halogenated alkanes) is 1. The molecule has 0 aliphatic heterocycles. The van der Waals surface area contributed by atoms with E-state index in [0.717, 1.165) is 39.0 Å². The molecule has 0 aromatic rings. The highest BCUT2D eigenvalue weighted by molar-refractivity contribution is 4.64. The molecule has 0 aromatic carbocycles. The Hall–Kier alpha value is -0.200. The van der Waals surface area contributed by atoms with Gasteiger partial charge in [-0.15, -0.1) is 0 Å². The van der Waals surface area contributed by atoms with Gasteiger partial charge in [0.05, 0.1) is 39.6 Å². The smallest absolute Gasteiger partial charge is 0.0701 e. The third kappa shape index (κ3) is 16.0. The zero-order valence-corrected chi connectivity index (χ0v) is 14.2. The van der Waals surface area contributed by atoms with Crippen LogP contribution in [0, 0.1) is 0 Å². The van der Waals surface area contributed by atoms with Gasteiger partial charge in [-0.05, 0) is 12.8 Å². The van der Waals surface area contributed by atoms with Crippen molar-refractivity contribution in [3.63, 3.8) is 0 Å². The lowest BCUT2D eigenvalue weighted by molar-refractivity contribution is 0.0140. The second-order valence-electron chi connectivity index (χ2n) is 5.09. The van der Waals surface area contributed by atoms with Crippen LogP contribution in [-0.2, 0) is 18.9 Å². The van der Waals surface area contributed by atoms with Crippen molar-refractivity contribution in [2.75, 3.05) is 59.9 Å². The summed E-state index contributed by atoms with van der Waals surface area (Å²) in [4.78, 5) is 0. The Kier molecular flexibility index (Phi) is 17.7. The highest BCUT2D eigenvalue weighted by atomic mass is 16.5. The molecule has 0 saturated carbocycles. The summed E-state index contributed by atoms with van der Waals surface area (Å²) in [6.45, 7) is 10.1. The molecule has 0 rings (SSSR count). The highest BCUT2D eigenvalue weighted by Crippen LogP contribution is 1.96. The minimum atomic E-state index is 0.431. The number of methoxy groups -OCH3 is 1. The lowest BCUT2D eigenvalue weighted by atomic mass is 10.2. The maximum absolute atomic E-state index is 5.52. The van der Waals surface area contributed by atoms with E-state index in [1.54, 1.807) is 7.11 Å². The Morgan fingerprint density at radius 3 is 2.00 bits per heavy atom. The molecule has 128 valence electrons. The second-order valence-corrected chi connectivity index (χ2v) is 5.09. The number of nitrogens with one attached hydrogen (secondary N) is 1. The van der Waals surface area contributed by atoms with E-state index in [-0.39, 0.29) is 0 Å². The summed E-state index contributed by atoms with van der Waals surface area (Å²) in [6.07, 6.45) is 4.59. The van der Waals surface area contributed by atoms with Crippen molar-refractivity contribution in [3.05, 3.63) is 0 Å². The van der Waals surface area contributed by atoms with Crippen molar-refractivity contribution in [3.8, 4) is 0 Å². The normalized spacial score (nSPS) is 12.7. The monoisotopic (exact) mass is 305 g/mol. The maximum atomic E-state index is 5.52.